The van der Waals surface area contributed by atoms with Crippen LogP contribution in [-0.4, -0.2) is 71.0 Å². The summed E-state index contributed by atoms with van der Waals surface area (Å²) in [4.78, 5) is 39.0. The number of thioether (sulfide) groups is 1. The highest BCUT2D eigenvalue weighted by Crippen LogP contribution is 2.44. The van der Waals surface area contributed by atoms with Gasteiger partial charge in [0.15, 0.2) is 0 Å². The van der Waals surface area contributed by atoms with Crippen LogP contribution in [0, 0.1) is 0 Å². The predicted octanol–water partition coefficient (Wildman–Crippen LogP) is 3.45. The normalized spacial score (nSPS) is 20.7. The summed E-state index contributed by atoms with van der Waals surface area (Å²) in [5.74, 6) is -0.625. The third kappa shape index (κ3) is 4.75. The van der Waals surface area contributed by atoms with Gasteiger partial charge in [-0.3, -0.25) is 4.79 Å². The van der Waals surface area contributed by atoms with Gasteiger partial charge in [0.25, 0.3) is 0 Å². The number of benzene rings is 2. The van der Waals surface area contributed by atoms with E-state index in [1.165, 1.54) is 16.7 Å². The van der Waals surface area contributed by atoms with Gasteiger partial charge in [-0.25, -0.2) is 9.59 Å². The summed E-state index contributed by atoms with van der Waals surface area (Å²) in [5, 5.41) is 12.4. The molecule has 2 aliphatic heterocycles. The number of hydrogen-bond acceptors (Lipinski definition) is 6. The van der Waals surface area contributed by atoms with E-state index < -0.39 is 23.6 Å². The maximum atomic E-state index is 13.1. The van der Waals surface area contributed by atoms with E-state index in [0.29, 0.717) is 37.7 Å². The lowest BCUT2D eigenvalue weighted by molar-refractivity contribution is -0.148. The second-order valence-corrected chi connectivity index (χ2v) is 10.2. The zero-order valence-corrected chi connectivity index (χ0v) is 20.1. The van der Waals surface area contributed by atoms with E-state index >= 15 is 0 Å². The lowest BCUT2D eigenvalue weighted by Crippen LogP contribution is -2.55. The lowest BCUT2D eigenvalue weighted by Gasteiger charge is -2.38. The van der Waals surface area contributed by atoms with E-state index in [9.17, 15) is 19.5 Å². The number of alkyl carbamates (subject to hydrolysis) is 1. The molecule has 0 spiro atoms. The smallest absolute Gasteiger partial charge is 0.407 e. The van der Waals surface area contributed by atoms with E-state index in [4.69, 9.17) is 9.47 Å². The van der Waals surface area contributed by atoms with Crippen LogP contribution in [0.3, 0.4) is 0 Å². The summed E-state index contributed by atoms with van der Waals surface area (Å²) in [5.41, 5.74) is 3.74. The maximum absolute atomic E-state index is 13.1. The van der Waals surface area contributed by atoms with Crippen molar-refractivity contribution in [2.24, 2.45) is 0 Å². The van der Waals surface area contributed by atoms with Gasteiger partial charge in [0.1, 0.15) is 12.6 Å². The molecular weight excluding hydrogens is 468 g/mol. The average molecular weight is 497 g/mol. The molecule has 3 aliphatic rings. The molecule has 0 aromatic heterocycles. The van der Waals surface area contributed by atoms with Crippen LogP contribution in [-0.2, 0) is 19.1 Å². The van der Waals surface area contributed by atoms with E-state index in [2.05, 4.69) is 29.6 Å². The first-order valence-electron chi connectivity index (χ1n) is 11.8. The first kappa shape index (κ1) is 23.7. The fraction of sp³-hybridized carbons (Fsp3) is 0.423. The minimum Gasteiger partial charge on any atom is -0.480 e. The molecular formula is C26H28N2O6S. The number of nitrogens with zero attached hydrogens (tertiary/aromatic N) is 1. The van der Waals surface area contributed by atoms with Gasteiger partial charge < -0.3 is 24.8 Å². The number of carboxylic acids is 1. The molecule has 0 unspecified atom stereocenters. The summed E-state index contributed by atoms with van der Waals surface area (Å²) in [7, 11) is 0. The fourth-order valence-electron chi connectivity index (χ4n) is 5.24. The number of aliphatic carboxylic acids is 1. The van der Waals surface area contributed by atoms with E-state index in [1.807, 2.05) is 24.3 Å². The first-order valence-corrected chi connectivity index (χ1v) is 12.9. The summed E-state index contributed by atoms with van der Waals surface area (Å²) in [6, 6.07) is 15.4. The molecule has 2 N–H and O–H groups in total. The minimum absolute atomic E-state index is 0.0187. The molecule has 2 heterocycles. The summed E-state index contributed by atoms with van der Waals surface area (Å²) >= 11 is 1.42. The Hall–Kier alpha value is -3.04. The van der Waals surface area contributed by atoms with Crippen molar-refractivity contribution < 1.29 is 29.0 Å². The Morgan fingerprint density at radius 3 is 2.31 bits per heavy atom. The van der Waals surface area contributed by atoms with E-state index in [1.54, 1.807) is 0 Å². The van der Waals surface area contributed by atoms with Gasteiger partial charge in [-0.05, 0) is 35.1 Å². The standard InChI is InChI=1S/C26H28N2O6S/c29-23(28-16-35-15-22(28)24(30)31)13-26(9-11-33-12-10-26)27-25(32)34-14-21-19-7-3-1-5-17(19)18-6-2-4-8-20(18)21/h1-8,21-22H,9-16H2,(H,27,32)(H,30,31)/t22-/m0/s1. The van der Waals surface area contributed by atoms with Gasteiger partial charge in [-0.1, -0.05) is 48.5 Å². The Balaban J connectivity index is 1.27. The number of rotatable bonds is 6. The molecule has 8 nitrogen and oxygen atoms in total. The van der Waals surface area contributed by atoms with Crippen molar-refractivity contribution in [3.8, 4) is 11.1 Å². The Bertz CT molecular complexity index is 1090. The predicted molar refractivity (Wildman–Crippen MR) is 131 cm³/mol. The van der Waals surface area contributed by atoms with Crippen LogP contribution in [0.25, 0.3) is 11.1 Å². The summed E-state index contributed by atoms with van der Waals surface area (Å²) in [6.45, 7) is 1.01. The molecule has 184 valence electrons. The average Bonchev–Trinajstić information content (AvgIpc) is 3.47. The van der Waals surface area contributed by atoms with Crippen LogP contribution >= 0.6 is 11.8 Å². The number of carboxylic acid groups (broad SMARTS) is 1. The number of nitrogens with one attached hydrogen (secondary N) is 1. The molecule has 0 bridgehead atoms. The molecule has 1 aliphatic carbocycles. The second-order valence-electron chi connectivity index (χ2n) is 9.24. The molecule has 0 saturated carbocycles. The highest BCUT2D eigenvalue weighted by Gasteiger charge is 2.42. The molecule has 35 heavy (non-hydrogen) atoms. The summed E-state index contributed by atoms with van der Waals surface area (Å²) < 4.78 is 11.2. The largest absolute Gasteiger partial charge is 0.480 e. The quantitative estimate of drug-likeness (QED) is 0.631. The van der Waals surface area contributed by atoms with Gasteiger partial charge in [-0.15, -0.1) is 11.8 Å². The molecule has 5 rings (SSSR count). The molecule has 2 saturated heterocycles. The topological polar surface area (TPSA) is 105 Å². The van der Waals surface area contributed by atoms with E-state index in [-0.39, 0.29) is 24.9 Å². The van der Waals surface area contributed by atoms with Crippen LogP contribution in [0.15, 0.2) is 48.5 Å². The number of hydrogen-bond donors (Lipinski definition) is 2. The highest BCUT2D eigenvalue weighted by atomic mass is 32.2. The Morgan fingerprint density at radius 2 is 1.69 bits per heavy atom. The van der Waals surface area contributed by atoms with Crippen molar-refractivity contribution in [1.82, 2.24) is 10.2 Å². The van der Waals surface area contributed by atoms with E-state index in [0.717, 1.165) is 22.3 Å². The summed E-state index contributed by atoms with van der Waals surface area (Å²) in [6.07, 6.45) is 0.362. The monoisotopic (exact) mass is 496 g/mol. The van der Waals surface area contributed by atoms with Gasteiger partial charge in [0, 0.05) is 24.9 Å². The van der Waals surface area contributed by atoms with Crippen LogP contribution < -0.4 is 5.32 Å². The first-order chi connectivity index (χ1) is 17.0. The molecule has 1 atom stereocenters. The molecule has 9 heteroatoms. The molecule has 2 fully saturated rings. The zero-order chi connectivity index (χ0) is 24.4. The van der Waals surface area contributed by atoms with Crippen molar-refractivity contribution in [3.05, 3.63) is 59.7 Å². The van der Waals surface area contributed by atoms with Crippen molar-refractivity contribution in [1.29, 1.82) is 0 Å². The number of carbonyl (C=O) groups is 3. The molecule has 2 aromatic rings. The number of fused-ring (bicyclic) bond motifs is 3. The highest BCUT2D eigenvalue weighted by molar-refractivity contribution is 7.99. The van der Waals surface area contributed by atoms with Crippen LogP contribution in [0.1, 0.15) is 36.3 Å². The minimum atomic E-state index is -1.01. The fourth-order valence-corrected chi connectivity index (χ4v) is 6.41. The maximum Gasteiger partial charge on any atom is 0.407 e. The van der Waals surface area contributed by atoms with Crippen molar-refractivity contribution >= 4 is 29.7 Å². The van der Waals surface area contributed by atoms with Crippen LogP contribution in [0.4, 0.5) is 4.79 Å². The van der Waals surface area contributed by atoms with Crippen LogP contribution in [0.2, 0.25) is 0 Å². The zero-order valence-electron chi connectivity index (χ0n) is 19.3. The number of amides is 2. The molecule has 2 aromatic carbocycles. The van der Waals surface area contributed by atoms with Crippen molar-refractivity contribution in [3.63, 3.8) is 0 Å². The Kier molecular flexibility index (Phi) is 6.71. The van der Waals surface area contributed by atoms with Crippen LogP contribution in [0.5, 0.6) is 0 Å². The number of ether oxygens (including phenoxy) is 2. The van der Waals surface area contributed by atoms with Gasteiger partial charge in [0.2, 0.25) is 5.91 Å². The molecule has 2 amide bonds. The molecule has 0 radical (unpaired) electrons. The van der Waals surface area contributed by atoms with Gasteiger partial charge in [0.05, 0.1) is 17.8 Å². The second kappa shape index (κ2) is 9.91. The van der Waals surface area contributed by atoms with Gasteiger partial charge >= 0.3 is 12.1 Å². The Morgan fingerprint density at radius 1 is 1.06 bits per heavy atom. The van der Waals surface area contributed by atoms with Crippen molar-refractivity contribution in [2.75, 3.05) is 31.5 Å². The van der Waals surface area contributed by atoms with Gasteiger partial charge in [-0.2, -0.15) is 0 Å². The Labute approximate surface area is 208 Å². The SMILES string of the molecule is O=C(NC1(CC(=O)N2CSC[C@H]2C(=O)O)CCOCC1)OCC1c2ccccc2-c2ccccc21. The lowest BCUT2D eigenvalue weighted by atomic mass is 9.86. The third-order valence-electron chi connectivity index (χ3n) is 7.14. The van der Waals surface area contributed by atoms with Crippen molar-refractivity contribution in [2.45, 2.75) is 36.8 Å². The third-order valence-corrected chi connectivity index (χ3v) is 8.15. The number of carbonyl (C=O) groups excluding carboxylic acids is 2.